The van der Waals surface area contributed by atoms with E-state index in [2.05, 4.69) is 10.6 Å². The number of nitrogens with one attached hydrogen (secondary N) is 2. The number of hydrogen-bond acceptors (Lipinski definition) is 4. The van der Waals surface area contributed by atoms with E-state index in [0.717, 1.165) is 22.4 Å². The van der Waals surface area contributed by atoms with Gasteiger partial charge in [-0.1, -0.05) is 25.1 Å². The maximum atomic E-state index is 13.1. The zero-order valence-electron chi connectivity index (χ0n) is 15.0. The van der Waals surface area contributed by atoms with Crippen LogP contribution in [0.15, 0.2) is 57.8 Å². The fourth-order valence-corrected chi connectivity index (χ4v) is 3.56. The zero-order chi connectivity index (χ0) is 18.4. The summed E-state index contributed by atoms with van der Waals surface area (Å²) < 4.78 is 18.9. The lowest BCUT2D eigenvalue weighted by molar-refractivity contribution is 0.0927. The number of para-hydroxylation sites is 1. The maximum Gasteiger partial charge on any atom is 0.287 e. The van der Waals surface area contributed by atoms with E-state index in [4.69, 9.17) is 4.42 Å². The third kappa shape index (κ3) is 5.48. The van der Waals surface area contributed by atoms with Crippen molar-refractivity contribution < 1.29 is 13.6 Å². The van der Waals surface area contributed by atoms with Gasteiger partial charge in [0.25, 0.3) is 5.91 Å². The van der Waals surface area contributed by atoms with E-state index in [9.17, 15) is 9.18 Å². The molecule has 1 aromatic heterocycles. The lowest BCUT2D eigenvalue weighted by Crippen LogP contribution is -2.31. The highest BCUT2D eigenvalue weighted by molar-refractivity contribution is 7.98. The van der Waals surface area contributed by atoms with E-state index >= 15 is 0 Å². The Morgan fingerprint density at radius 2 is 1.85 bits per heavy atom. The lowest BCUT2D eigenvalue weighted by atomic mass is 10.1. The summed E-state index contributed by atoms with van der Waals surface area (Å²) in [6, 6.07) is 14.0. The molecule has 0 unspecified atom stereocenters. The minimum Gasteiger partial charge on any atom is -0.451 e. The molecule has 1 heterocycles. The second-order valence-corrected chi connectivity index (χ2v) is 6.81. The fourth-order valence-electron chi connectivity index (χ4n) is 2.63. The van der Waals surface area contributed by atoms with Crippen LogP contribution >= 0.6 is 24.2 Å². The van der Waals surface area contributed by atoms with Crippen molar-refractivity contribution in [3.05, 3.63) is 65.7 Å². The van der Waals surface area contributed by atoms with Gasteiger partial charge in [-0.05, 0) is 36.9 Å². The van der Waals surface area contributed by atoms with E-state index in [-0.39, 0.29) is 24.1 Å². The molecule has 1 amide bonds. The maximum absolute atomic E-state index is 13.1. The second-order valence-electron chi connectivity index (χ2n) is 5.76. The Morgan fingerprint density at radius 1 is 1.11 bits per heavy atom. The predicted octanol–water partition coefficient (Wildman–Crippen LogP) is 4.63. The first-order chi connectivity index (χ1) is 12.7. The molecule has 3 rings (SSSR count). The molecule has 0 atom stereocenters. The van der Waals surface area contributed by atoms with Gasteiger partial charge in [-0.15, -0.1) is 24.2 Å². The molecular formula is C20H22ClFN2O2S. The summed E-state index contributed by atoms with van der Waals surface area (Å²) in [5.74, 6) is 0.438. The Bertz CT molecular complexity index is 883. The minimum atomic E-state index is -0.260. The van der Waals surface area contributed by atoms with Gasteiger partial charge in [0.15, 0.2) is 5.76 Å². The van der Waals surface area contributed by atoms with Crippen molar-refractivity contribution in [1.82, 2.24) is 10.6 Å². The van der Waals surface area contributed by atoms with Crippen LogP contribution in [0.2, 0.25) is 0 Å². The van der Waals surface area contributed by atoms with Crippen molar-refractivity contribution >= 4 is 41.0 Å². The highest BCUT2D eigenvalue weighted by Crippen LogP contribution is 2.32. The van der Waals surface area contributed by atoms with Gasteiger partial charge in [-0.3, -0.25) is 4.79 Å². The summed E-state index contributed by atoms with van der Waals surface area (Å²) in [4.78, 5) is 13.5. The first-order valence-electron chi connectivity index (χ1n) is 8.56. The van der Waals surface area contributed by atoms with Gasteiger partial charge in [0.2, 0.25) is 0 Å². The summed E-state index contributed by atoms with van der Waals surface area (Å²) >= 11 is 1.55. The molecule has 4 nitrogen and oxygen atoms in total. The number of carbonyl (C=O) groups is 1. The SMILES string of the molecule is CCNCCNC(=O)c1oc2ccccc2c1CSc1ccc(F)cc1.Cl. The zero-order valence-corrected chi connectivity index (χ0v) is 16.6. The molecule has 144 valence electrons. The van der Waals surface area contributed by atoms with Crippen molar-refractivity contribution in [3.8, 4) is 0 Å². The highest BCUT2D eigenvalue weighted by atomic mass is 35.5. The van der Waals surface area contributed by atoms with Crippen molar-refractivity contribution in [2.45, 2.75) is 17.6 Å². The molecule has 0 spiro atoms. The average molecular weight is 409 g/mol. The first-order valence-corrected chi connectivity index (χ1v) is 9.55. The average Bonchev–Trinajstić information content (AvgIpc) is 3.03. The molecule has 0 aliphatic carbocycles. The molecule has 27 heavy (non-hydrogen) atoms. The monoisotopic (exact) mass is 408 g/mol. The first kappa shape index (κ1) is 21.3. The number of thioether (sulfide) groups is 1. The predicted molar refractivity (Wildman–Crippen MR) is 110 cm³/mol. The van der Waals surface area contributed by atoms with Gasteiger partial charge < -0.3 is 15.1 Å². The molecular weight excluding hydrogens is 387 g/mol. The van der Waals surface area contributed by atoms with Crippen LogP contribution in [-0.2, 0) is 5.75 Å². The normalized spacial score (nSPS) is 10.6. The number of fused-ring (bicyclic) bond motifs is 1. The topological polar surface area (TPSA) is 54.3 Å². The number of carbonyl (C=O) groups excluding carboxylic acids is 1. The Kier molecular flexibility index (Phi) is 8.16. The van der Waals surface area contributed by atoms with Crippen LogP contribution in [0.1, 0.15) is 23.0 Å². The number of halogens is 2. The third-order valence-electron chi connectivity index (χ3n) is 3.94. The molecule has 0 aliphatic rings. The second kappa shape index (κ2) is 10.3. The van der Waals surface area contributed by atoms with Crippen molar-refractivity contribution in [2.75, 3.05) is 19.6 Å². The van der Waals surface area contributed by atoms with Crippen LogP contribution in [0.25, 0.3) is 11.0 Å². The third-order valence-corrected chi connectivity index (χ3v) is 4.98. The van der Waals surface area contributed by atoms with Crippen molar-refractivity contribution in [2.24, 2.45) is 0 Å². The van der Waals surface area contributed by atoms with Gasteiger partial charge in [0, 0.05) is 34.7 Å². The molecule has 0 fully saturated rings. The van der Waals surface area contributed by atoms with Crippen LogP contribution < -0.4 is 10.6 Å². The number of furan rings is 1. The summed E-state index contributed by atoms with van der Waals surface area (Å²) in [7, 11) is 0. The van der Waals surface area contributed by atoms with Gasteiger partial charge in [-0.25, -0.2) is 4.39 Å². The largest absolute Gasteiger partial charge is 0.451 e. The number of rotatable bonds is 8. The van der Waals surface area contributed by atoms with E-state index in [0.29, 0.717) is 30.2 Å². The van der Waals surface area contributed by atoms with E-state index in [1.807, 2.05) is 31.2 Å². The Morgan fingerprint density at radius 3 is 2.59 bits per heavy atom. The summed E-state index contributed by atoms with van der Waals surface area (Å²) in [6.45, 7) is 4.13. The quantitative estimate of drug-likeness (QED) is 0.421. The molecule has 7 heteroatoms. The molecule has 0 radical (unpaired) electrons. The van der Waals surface area contributed by atoms with Gasteiger partial charge in [0.1, 0.15) is 11.4 Å². The Hall–Kier alpha value is -2.02. The van der Waals surface area contributed by atoms with Crippen LogP contribution in [0.5, 0.6) is 0 Å². The molecule has 0 aliphatic heterocycles. The Balaban J connectivity index is 0.00000261. The van der Waals surface area contributed by atoms with Gasteiger partial charge >= 0.3 is 0 Å². The summed E-state index contributed by atoms with van der Waals surface area (Å²) in [5, 5.41) is 6.98. The van der Waals surface area contributed by atoms with Crippen LogP contribution in [0, 0.1) is 5.82 Å². The molecule has 0 bridgehead atoms. The van der Waals surface area contributed by atoms with E-state index in [1.54, 1.807) is 23.9 Å². The van der Waals surface area contributed by atoms with Crippen LogP contribution in [0.4, 0.5) is 4.39 Å². The van der Waals surface area contributed by atoms with Crippen LogP contribution in [-0.4, -0.2) is 25.5 Å². The summed E-state index contributed by atoms with van der Waals surface area (Å²) in [5.41, 5.74) is 1.55. The molecule has 2 N–H and O–H groups in total. The molecule has 3 aromatic rings. The number of amides is 1. The van der Waals surface area contributed by atoms with Crippen LogP contribution in [0.3, 0.4) is 0 Å². The number of likely N-dealkylation sites (N-methyl/N-ethyl adjacent to an activating group) is 1. The summed E-state index contributed by atoms with van der Waals surface area (Å²) in [6.07, 6.45) is 0. The number of hydrogen-bond donors (Lipinski definition) is 2. The molecule has 0 saturated carbocycles. The molecule has 2 aromatic carbocycles. The fraction of sp³-hybridized carbons (Fsp3) is 0.250. The van der Waals surface area contributed by atoms with E-state index in [1.165, 1.54) is 12.1 Å². The lowest BCUT2D eigenvalue weighted by Gasteiger charge is -2.06. The highest BCUT2D eigenvalue weighted by Gasteiger charge is 2.20. The van der Waals surface area contributed by atoms with Crippen molar-refractivity contribution in [3.63, 3.8) is 0 Å². The standard InChI is InChI=1S/C20H21FN2O2S.ClH/c1-2-22-11-12-23-20(24)19-17(16-5-3-4-6-18(16)25-19)13-26-15-9-7-14(21)8-10-15;/h3-10,22H,2,11-13H2,1H3,(H,23,24);1H. The smallest absolute Gasteiger partial charge is 0.287 e. The number of benzene rings is 2. The Labute approximate surface area is 168 Å². The van der Waals surface area contributed by atoms with E-state index < -0.39 is 0 Å². The van der Waals surface area contributed by atoms with Gasteiger partial charge in [-0.2, -0.15) is 0 Å². The van der Waals surface area contributed by atoms with Gasteiger partial charge in [0.05, 0.1) is 0 Å². The minimum absolute atomic E-state index is 0. The van der Waals surface area contributed by atoms with Crippen molar-refractivity contribution in [1.29, 1.82) is 0 Å². The molecule has 0 saturated heterocycles.